The number of rotatable bonds is 3. The molecule has 1 aromatic heterocycles. The van der Waals surface area contributed by atoms with Crippen LogP contribution in [0.5, 0.6) is 0 Å². The Morgan fingerprint density at radius 3 is 2.76 bits per heavy atom. The van der Waals surface area contributed by atoms with E-state index in [1.165, 1.54) is 0 Å². The van der Waals surface area contributed by atoms with E-state index >= 15 is 0 Å². The highest BCUT2D eigenvalue weighted by Gasteiger charge is 2.41. The molecule has 2 atom stereocenters. The van der Waals surface area contributed by atoms with Crippen LogP contribution < -0.4 is 10.6 Å². The van der Waals surface area contributed by atoms with Gasteiger partial charge in [-0.1, -0.05) is 6.92 Å². The number of halogens is 3. The topological polar surface area (TPSA) is 59.0 Å². The molecule has 1 aliphatic heterocycles. The number of carbonyl (C=O) groups is 1. The summed E-state index contributed by atoms with van der Waals surface area (Å²) in [6, 6.07) is -1.77. The molecule has 0 spiro atoms. The monoisotopic (exact) mass is 304 g/mol. The van der Waals surface area contributed by atoms with Gasteiger partial charge in [-0.3, -0.25) is 9.48 Å². The van der Waals surface area contributed by atoms with Crippen molar-refractivity contribution >= 4 is 5.91 Å². The van der Waals surface area contributed by atoms with Crippen molar-refractivity contribution in [1.82, 2.24) is 20.4 Å². The van der Waals surface area contributed by atoms with Gasteiger partial charge in [0.25, 0.3) is 5.91 Å². The zero-order chi connectivity index (χ0) is 15.6. The molecule has 0 bridgehead atoms. The fourth-order valence-electron chi connectivity index (χ4n) is 2.51. The van der Waals surface area contributed by atoms with E-state index in [2.05, 4.69) is 15.7 Å². The number of piperidine rings is 1. The Bertz CT molecular complexity index is 504. The van der Waals surface area contributed by atoms with Crippen molar-refractivity contribution in [2.24, 2.45) is 7.05 Å². The number of carbonyl (C=O) groups excluding carboxylic acids is 1. The highest BCUT2D eigenvalue weighted by Crippen LogP contribution is 2.26. The Hall–Kier alpha value is -1.57. The molecule has 118 valence electrons. The van der Waals surface area contributed by atoms with Crippen molar-refractivity contribution in [2.45, 2.75) is 44.4 Å². The molecule has 0 saturated carbocycles. The minimum Gasteiger partial charge on any atom is -0.348 e. The number of aryl methyl sites for hydroxylation is 2. The summed E-state index contributed by atoms with van der Waals surface area (Å²) in [5.74, 6) is -0.280. The largest absolute Gasteiger partial charge is 0.403 e. The average Bonchev–Trinajstić information content (AvgIpc) is 2.79. The van der Waals surface area contributed by atoms with Gasteiger partial charge >= 0.3 is 6.18 Å². The summed E-state index contributed by atoms with van der Waals surface area (Å²) in [5.41, 5.74) is 1.17. The molecule has 0 radical (unpaired) electrons. The average molecular weight is 304 g/mol. The number of nitrogens with zero attached hydrogens (tertiary/aromatic N) is 2. The Morgan fingerprint density at radius 1 is 1.52 bits per heavy atom. The molecule has 2 rings (SSSR count). The smallest absolute Gasteiger partial charge is 0.348 e. The van der Waals surface area contributed by atoms with Crippen LogP contribution in [-0.2, 0) is 13.5 Å². The third-order valence-corrected chi connectivity index (χ3v) is 3.63. The zero-order valence-corrected chi connectivity index (χ0v) is 12.0. The van der Waals surface area contributed by atoms with Crippen molar-refractivity contribution in [2.75, 3.05) is 6.54 Å². The number of nitrogens with one attached hydrogen (secondary N) is 2. The van der Waals surface area contributed by atoms with E-state index in [1.54, 1.807) is 17.9 Å². The van der Waals surface area contributed by atoms with Crippen molar-refractivity contribution in [1.29, 1.82) is 0 Å². The number of alkyl halides is 3. The Kier molecular flexibility index (Phi) is 4.55. The standard InChI is InChI=1S/C13H19F3N4O/c1-3-10-9(7-20(2)19-10)12(21)18-8-4-5-11(17-6-8)13(14,15)16/h7-8,11,17H,3-6H2,1-2H3,(H,18,21). The van der Waals surface area contributed by atoms with Crippen LogP contribution in [0.2, 0.25) is 0 Å². The summed E-state index contributed by atoms with van der Waals surface area (Å²) in [4.78, 5) is 12.2. The molecule has 1 aromatic rings. The predicted octanol–water partition coefficient (Wildman–Crippen LogP) is 1.40. The second kappa shape index (κ2) is 6.05. The molecule has 0 aromatic carbocycles. The first-order valence-electron chi connectivity index (χ1n) is 6.94. The van der Waals surface area contributed by atoms with Gasteiger partial charge in [-0.05, 0) is 19.3 Å². The minimum absolute atomic E-state index is 0.0257. The van der Waals surface area contributed by atoms with E-state index in [4.69, 9.17) is 0 Å². The molecule has 1 aliphatic rings. The van der Waals surface area contributed by atoms with Gasteiger partial charge in [0.15, 0.2) is 0 Å². The highest BCUT2D eigenvalue weighted by molar-refractivity contribution is 5.95. The van der Waals surface area contributed by atoms with E-state index in [1.807, 2.05) is 6.92 Å². The quantitative estimate of drug-likeness (QED) is 0.887. The van der Waals surface area contributed by atoms with Gasteiger partial charge in [0.1, 0.15) is 6.04 Å². The SMILES string of the molecule is CCc1nn(C)cc1C(=O)NC1CCC(C(F)(F)F)NC1. The van der Waals surface area contributed by atoms with Crippen LogP contribution in [0.15, 0.2) is 6.20 Å². The Labute approximate surface area is 120 Å². The summed E-state index contributed by atoms with van der Waals surface area (Å²) in [7, 11) is 1.73. The second-order valence-corrected chi connectivity index (χ2v) is 5.27. The summed E-state index contributed by atoms with van der Waals surface area (Å²) in [6.45, 7) is 2.02. The molecule has 2 heterocycles. The van der Waals surface area contributed by atoms with Crippen LogP contribution in [0.3, 0.4) is 0 Å². The van der Waals surface area contributed by atoms with Gasteiger partial charge in [0.05, 0.1) is 11.3 Å². The molecule has 1 saturated heterocycles. The molecule has 21 heavy (non-hydrogen) atoms. The zero-order valence-electron chi connectivity index (χ0n) is 12.0. The lowest BCUT2D eigenvalue weighted by atomic mass is 10.00. The number of amides is 1. The molecule has 0 aliphatic carbocycles. The van der Waals surface area contributed by atoms with Crippen LogP contribution in [-0.4, -0.2) is 40.5 Å². The van der Waals surface area contributed by atoms with Crippen LogP contribution in [0.4, 0.5) is 13.2 Å². The maximum Gasteiger partial charge on any atom is 0.403 e. The van der Waals surface area contributed by atoms with Crippen molar-refractivity contribution < 1.29 is 18.0 Å². The van der Waals surface area contributed by atoms with Crippen molar-refractivity contribution in [3.8, 4) is 0 Å². The van der Waals surface area contributed by atoms with Gasteiger partial charge in [0.2, 0.25) is 0 Å². The third-order valence-electron chi connectivity index (χ3n) is 3.63. The normalized spacial score (nSPS) is 23.1. The Morgan fingerprint density at radius 2 is 2.24 bits per heavy atom. The fourth-order valence-corrected chi connectivity index (χ4v) is 2.51. The summed E-state index contributed by atoms with van der Waals surface area (Å²) < 4.78 is 39.2. The van der Waals surface area contributed by atoms with Crippen LogP contribution in [0.1, 0.15) is 35.8 Å². The molecule has 2 N–H and O–H groups in total. The van der Waals surface area contributed by atoms with Crippen molar-refractivity contribution in [3.05, 3.63) is 17.5 Å². The van der Waals surface area contributed by atoms with E-state index in [-0.39, 0.29) is 24.9 Å². The first kappa shape index (κ1) is 15.8. The predicted molar refractivity (Wildman–Crippen MR) is 70.9 cm³/mol. The third kappa shape index (κ3) is 3.75. The van der Waals surface area contributed by atoms with Crippen LogP contribution in [0, 0.1) is 0 Å². The lowest BCUT2D eigenvalue weighted by molar-refractivity contribution is -0.160. The minimum atomic E-state index is -4.23. The first-order valence-corrected chi connectivity index (χ1v) is 6.94. The lowest BCUT2D eigenvalue weighted by Crippen LogP contribution is -2.54. The summed E-state index contributed by atoms with van der Waals surface area (Å²) >= 11 is 0. The van der Waals surface area contributed by atoms with Gasteiger partial charge in [-0.2, -0.15) is 18.3 Å². The molecule has 2 unspecified atom stereocenters. The molecule has 8 heteroatoms. The van der Waals surface area contributed by atoms with Crippen LogP contribution >= 0.6 is 0 Å². The summed E-state index contributed by atoms with van der Waals surface area (Å²) in [6.07, 6.45) is -1.69. The molecular formula is C13H19F3N4O. The van der Waals surface area contributed by atoms with Crippen LogP contribution in [0.25, 0.3) is 0 Å². The van der Waals surface area contributed by atoms with Gasteiger partial charge in [-0.25, -0.2) is 0 Å². The van der Waals surface area contributed by atoms with E-state index in [0.29, 0.717) is 24.1 Å². The lowest BCUT2D eigenvalue weighted by Gasteiger charge is -2.31. The molecule has 1 fully saturated rings. The maximum absolute atomic E-state index is 12.5. The van der Waals surface area contributed by atoms with Gasteiger partial charge in [-0.15, -0.1) is 0 Å². The second-order valence-electron chi connectivity index (χ2n) is 5.27. The van der Waals surface area contributed by atoms with E-state index in [0.717, 1.165) is 0 Å². The van der Waals surface area contributed by atoms with Gasteiger partial charge < -0.3 is 10.6 Å². The molecular weight excluding hydrogens is 285 g/mol. The van der Waals surface area contributed by atoms with E-state index in [9.17, 15) is 18.0 Å². The van der Waals surface area contributed by atoms with Gasteiger partial charge in [0, 0.05) is 25.8 Å². The number of aromatic nitrogens is 2. The maximum atomic E-state index is 12.5. The fraction of sp³-hybridized carbons (Fsp3) is 0.692. The first-order chi connectivity index (χ1) is 9.81. The molecule has 1 amide bonds. The highest BCUT2D eigenvalue weighted by atomic mass is 19.4. The van der Waals surface area contributed by atoms with Crippen molar-refractivity contribution in [3.63, 3.8) is 0 Å². The van der Waals surface area contributed by atoms with E-state index < -0.39 is 12.2 Å². The number of hydrogen-bond donors (Lipinski definition) is 2. The summed E-state index contributed by atoms with van der Waals surface area (Å²) in [5, 5.41) is 9.39. The number of hydrogen-bond acceptors (Lipinski definition) is 3. The Balaban J connectivity index is 1.93. The molecule has 5 nitrogen and oxygen atoms in total.